The summed E-state index contributed by atoms with van der Waals surface area (Å²) in [5.41, 5.74) is 4.18. The fourth-order valence-corrected chi connectivity index (χ4v) is 4.45. The number of esters is 1. The molecule has 1 aromatic heterocycles. The first kappa shape index (κ1) is 19.9. The van der Waals surface area contributed by atoms with Crippen LogP contribution in [0.3, 0.4) is 0 Å². The van der Waals surface area contributed by atoms with Crippen molar-refractivity contribution in [3.05, 3.63) is 40.4 Å². The Morgan fingerprint density at radius 3 is 2.89 bits per heavy atom. The topological polar surface area (TPSA) is 57.7 Å². The lowest BCUT2D eigenvalue weighted by Crippen LogP contribution is -2.46. The molecule has 0 atom stereocenters. The summed E-state index contributed by atoms with van der Waals surface area (Å²) in [6.07, 6.45) is 2.76. The highest BCUT2D eigenvalue weighted by Crippen LogP contribution is 2.28. The summed E-state index contributed by atoms with van der Waals surface area (Å²) in [6.45, 7) is 8.09. The number of fused-ring (bicyclic) bond motifs is 1. The molecule has 1 aromatic carbocycles. The highest BCUT2D eigenvalue weighted by molar-refractivity contribution is 7.17. The third-order valence-electron chi connectivity index (χ3n) is 4.94. The monoisotopic (exact) mass is 408 g/mol. The molecule has 1 saturated heterocycles. The molecule has 146 valence electrons. The summed E-state index contributed by atoms with van der Waals surface area (Å²) in [4.78, 5) is 21.6. The first-order valence-electron chi connectivity index (χ1n) is 9.19. The van der Waals surface area contributed by atoms with E-state index in [1.807, 2.05) is 6.92 Å². The maximum atomic E-state index is 11.8. The lowest BCUT2D eigenvalue weighted by Gasteiger charge is -2.34. The van der Waals surface area contributed by atoms with E-state index < -0.39 is 0 Å². The minimum atomic E-state index is -0.277. The number of carbonyl (C=O) groups is 1. The van der Waals surface area contributed by atoms with Gasteiger partial charge in [0.2, 0.25) is 0 Å². The zero-order valence-electron chi connectivity index (χ0n) is 15.4. The highest BCUT2D eigenvalue weighted by Gasteiger charge is 2.22. The Hall–Kier alpha value is -1.83. The number of hydrogen-bond donors (Lipinski definition) is 1. The average Bonchev–Trinajstić information content (AvgIpc) is 3.33. The van der Waals surface area contributed by atoms with Crippen LogP contribution in [0.2, 0.25) is 0 Å². The molecule has 0 bridgehead atoms. The van der Waals surface area contributed by atoms with Gasteiger partial charge >= 0.3 is 5.97 Å². The van der Waals surface area contributed by atoms with Crippen LogP contribution < -0.4 is 10.2 Å². The van der Waals surface area contributed by atoms with Crippen molar-refractivity contribution >= 4 is 40.5 Å². The van der Waals surface area contributed by atoms with Gasteiger partial charge in [-0.1, -0.05) is 29.5 Å². The normalized spacial score (nSPS) is 16.4. The summed E-state index contributed by atoms with van der Waals surface area (Å²) in [6, 6.07) is 6.63. The van der Waals surface area contributed by atoms with Crippen molar-refractivity contribution in [2.45, 2.75) is 19.9 Å². The molecule has 1 N–H and O–H groups in total. The highest BCUT2D eigenvalue weighted by atomic mass is 35.5. The van der Waals surface area contributed by atoms with Gasteiger partial charge in [0.05, 0.1) is 12.8 Å². The number of nitrogens with one attached hydrogen (secondary N) is 1. The third kappa shape index (κ3) is 4.36. The molecule has 8 heteroatoms. The molecular formula is C19H25ClN4O2S. The maximum absolute atomic E-state index is 11.8. The van der Waals surface area contributed by atoms with Gasteiger partial charge in [0.15, 0.2) is 5.13 Å². The summed E-state index contributed by atoms with van der Waals surface area (Å²) in [5.74, 6) is -0.277. The minimum Gasteiger partial charge on any atom is -0.462 e. The first-order chi connectivity index (χ1) is 12.7. The molecule has 0 spiro atoms. The molecule has 0 unspecified atom stereocenters. The summed E-state index contributed by atoms with van der Waals surface area (Å²) in [7, 11) is 0. The molecule has 3 heterocycles. The van der Waals surface area contributed by atoms with Crippen LogP contribution in [-0.2, 0) is 17.7 Å². The van der Waals surface area contributed by atoms with Gasteiger partial charge in [-0.2, -0.15) is 0 Å². The Morgan fingerprint density at radius 2 is 2.11 bits per heavy atom. The van der Waals surface area contributed by atoms with E-state index in [9.17, 15) is 4.79 Å². The van der Waals surface area contributed by atoms with E-state index >= 15 is 0 Å². The molecule has 0 aliphatic carbocycles. The third-order valence-corrected chi connectivity index (χ3v) is 5.98. The first-order valence-corrected chi connectivity index (χ1v) is 10.0. The number of piperazine rings is 1. The van der Waals surface area contributed by atoms with E-state index in [0.29, 0.717) is 11.5 Å². The van der Waals surface area contributed by atoms with Gasteiger partial charge in [0.25, 0.3) is 0 Å². The Bertz CT molecular complexity index is 790. The number of thiazole rings is 1. The van der Waals surface area contributed by atoms with Gasteiger partial charge in [0.1, 0.15) is 4.88 Å². The predicted octanol–water partition coefficient (Wildman–Crippen LogP) is 3.03. The van der Waals surface area contributed by atoms with Crippen molar-refractivity contribution in [3.8, 4) is 0 Å². The number of rotatable bonds is 5. The summed E-state index contributed by atoms with van der Waals surface area (Å²) < 4.78 is 5.05. The molecule has 6 nitrogen and oxygen atoms in total. The van der Waals surface area contributed by atoms with Gasteiger partial charge in [0, 0.05) is 45.0 Å². The SMILES string of the molecule is CCOC(=O)c1cnc(N2CCN(Cc3cccc4c3NCC4)CC2)s1.Cl. The number of nitrogens with zero attached hydrogens (tertiary/aromatic N) is 3. The molecule has 2 aliphatic heterocycles. The van der Waals surface area contributed by atoms with Gasteiger partial charge in [-0.3, -0.25) is 4.90 Å². The largest absolute Gasteiger partial charge is 0.462 e. The lowest BCUT2D eigenvalue weighted by atomic mass is 10.1. The lowest BCUT2D eigenvalue weighted by molar-refractivity contribution is 0.0532. The molecule has 0 saturated carbocycles. The number of benzene rings is 1. The second kappa shape index (κ2) is 8.91. The second-order valence-corrected chi connectivity index (χ2v) is 7.63. The van der Waals surface area contributed by atoms with Gasteiger partial charge < -0.3 is 15.0 Å². The zero-order chi connectivity index (χ0) is 17.9. The Morgan fingerprint density at radius 1 is 1.30 bits per heavy atom. The van der Waals surface area contributed by atoms with Crippen molar-refractivity contribution in [3.63, 3.8) is 0 Å². The Balaban J connectivity index is 0.00000210. The number of carbonyl (C=O) groups excluding carboxylic acids is 1. The van der Waals surface area contributed by atoms with E-state index in [1.165, 1.54) is 28.2 Å². The quantitative estimate of drug-likeness (QED) is 0.767. The van der Waals surface area contributed by atoms with E-state index in [4.69, 9.17) is 4.74 Å². The van der Waals surface area contributed by atoms with E-state index in [2.05, 4.69) is 38.3 Å². The van der Waals surface area contributed by atoms with Crippen molar-refractivity contribution in [1.29, 1.82) is 0 Å². The van der Waals surface area contributed by atoms with Crippen molar-refractivity contribution in [1.82, 2.24) is 9.88 Å². The Labute approximate surface area is 169 Å². The van der Waals surface area contributed by atoms with Crippen LogP contribution >= 0.6 is 23.7 Å². The number of para-hydroxylation sites is 1. The fraction of sp³-hybridized carbons (Fsp3) is 0.474. The van der Waals surface area contributed by atoms with Gasteiger partial charge in [-0.15, -0.1) is 12.4 Å². The maximum Gasteiger partial charge on any atom is 0.350 e. The minimum absolute atomic E-state index is 0. The molecule has 0 radical (unpaired) electrons. The number of ether oxygens (including phenoxy) is 1. The average molecular weight is 409 g/mol. The van der Waals surface area contributed by atoms with Crippen LogP contribution in [0.25, 0.3) is 0 Å². The smallest absolute Gasteiger partial charge is 0.350 e. The van der Waals surface area contributed by atoms with E-state index in [1.54, 1.807) is 6.20 Å². The van der Waals surface area contributed by atoms with Gasteiger partial charge in [-0.25, -0.2) is 9.78 Å². The van der Waals surface area contributed by atoms with Crippen LogP contribution in [0.4, 0.5) is 10.8 Å². The van der Waals surface area contributed by atoms with E-state index in [0.717, 1.165) is 50.8 Å². The van der Waals surface area contributed by atoms with Crippen molar-refractivity contribution in [2.75, 3.05) is 49.5 Å². The predicted molar refractivity (Wildman–Crippen MR) is 111 cm³/mol. The Kier molecular flexibility index (Phi) is 6.57. The summed E-state index contributed by atoms with van der Waals surface area (Å²) >= 11 is 1.42. The molecule has 27 heavy (non-hydrogen) atoms. The number of aromatic nitrogens is 1. The van der Waals surface area contributed by atoms with Crippen molar-refractivity contribution < 1.29 is 9.53 Å². The molecule has 0 amide bonds. The number of halogens is 1. The molecule has 1 fully saturated rings. The number of anilines is 2. The van der Waals surface area contributed by atoms with Crippen LogP contribution in [0.5, 0.6) is 0 Å². The standard InChI is InChI=1S/C19H24N4O2S.ClH/c1-2-25-18(24)16-12-21-19(26-16)23-10-8-22(9-11-23)13-15-5-3-4-14-6-7-20-17(14)15;/h3-5,12,20H,2,6-11,13H2,1H3;1H. The fourth-order valence-electron chi connectivity index (χ4n) is 3.59. The van der Waals surface area contributed by atoms with E-state index in [-0.39, 0.29) is 18.4 Å². The second-order valence-electron chi connectivity index (χ2n) is 6.62. The van der Waals surface area contributed by atoms with Gasteiger partial charge in [-0.05, 0) is 24.5 Å². The van der Waals surface area contributed by atoms with Crippen LogP contribution in [0.15, 0.2) is 24.4 Å². The summed E-state index contributed by atoms with van der Waals surface area (Å²) in [5, 5.41) is 4.44. The molecular weight excluding hydrogens is 384 g/mol. The number of hydrogen-bond acceptors (Lipinski definition) is 7. The van der Waals surface area contributed by atoms with Crippen LogP contribution in [-0.4, -0.2) is 55.2 Å². The molecule has 2 aliphatic rings. The zero-order valence-corrected chi connectivity index (χ0v) is 17.1. The van der Waals surface area contributed by atoms with Crippen molar-refractivity contribution in [2.24, 2.45) is 0 Å². The van der Waals surface area contributed by atoms with Crippen LogP contribution in [0, 0.1) is 0 Å². The van der Waals surface area contributed by atoms with Crippen LogP contribution in [0.1, 0.15) is 27.7 Å². The molecule has 4 rings (SSSR count). The molecule has 2 aromatic rings.